The van der Waals surface area contributed by atoms with E-state index in [0.29, 0.717) is 0 Å². The Kier molecular flexibility index (Phi) is 3.27. The normalized spacial score (nSPS) is 10.5. The summed E-state index contributed by atoms with van der Waals surface area (Å²) in [5, 5.41) is 16.4. The zero-order valence-electron chi connectivity index (χ0n) is 8.65. The van der Waals surface area contributed by atoms with Crippen LogP contribution in [0.25, 0.3) is 0 Å². The van der Waals surface area contributed by atoms with Crippen molar-refractivity contribution in [1.82, 2.24) is 15.2 Å². The average Bonchev–Trinajstić information content (AvgIpc) is 2.83. The number of hydrogen-bond acceptors (Lipinski definition) is 6. The van der Waals surface area contributed by atoms with E-state index in [2.05, 4.69) is 32.8 Å². The zero-order valence-corrected chi connectivity index (χ0v) is 10.3. The van der Waals surface area contributed by atoms with Crippen LogP contribution in [-0.2, 0) is 13.0 Å². The fraction of sp³-hybridized carbons (Fsp3) is 0.444. The molecule has 80 valence electrons. The molecular weight excluding hydrogens is 228 g/mol. The summed E-state index contributed by atoms with van der Waals surface area (Å²) in [5.74, 6) is 0. The summed E-state index contributed by atoms with van der Waals surface area (Å²) in [5.41, 5.74) is 1.07. The molecular formula is C9H12N4S2. The van der Waals surface area contributed by atoms with E-state index in [1.807, 2.05) is 6.92 Å². The number of aromatic nitrogens is 3. The van der Waals surface area contributed by atoms with Gasteiger partial charge >= 0.3 is 0 Å². The van der Waals surface area contributed by atoms with E-state index in [9.17, 15) is 0 Å². The van der Waals surface area contributed by atoms with Gasteiger partial charge in [-0.15, -0.1) is 21.5 Å². The second-order valence-electron chi connectivity index (χ2n) is 3.09. The van der Waals surface area contributed by atoms with Gasteiger partial charge in [-0.1, -0.05) is 18.3 Å². The van der Waals surface area contributed by atoms with Crippen LogP contribution in [0.4, 0.5) is 5.13 Å². The molecule has 0 atom stereocenters. The van der Waals surface area contributed by atoms with Crippen molar-refractivity contribution in [3.05, 3.63) is 21.1 Å². The van der Waals surface area contributed by atoms with Crippen LogP contribution in [0.15, 0.2) is 5.38 Å². The Bertz CT molecular complexity index is 435. The fourth-order valence-electron chi connectivity index (χ4n) is 1.10. The van der Waals surface area contributed by atoms with Crippen LogP contribution < -0.4 is 5.32 Å². The highest BCUT2D eigenvalue weighted by Crippen LogP contribution is 2.17. The van der Waals surface area contributed by atoms with Gasteiger partial charge in [0.25, 0.3) is 0 Å². The standard InChI is InChI=1S/C9H12N4S2/c1-3-7-12-13-9(15-7)10-4-8-11-6(2)5-14-8/h5H,3-4H2,1-2H3,(H,10,13). The molecule has 0 unspecified atom stereocenters. The Morgan fingerprint density at radius 3 is 2.80 bits per heavy atom. The molecule has 1 N–H and O–H groups in total. The Hall–Kier alpha value is -1.01. The van der Waals surface area contributed by atoms with Gasteiger partial charge in [-0.05, 0) is 13.3 Å². The van der Waals surface area contributed by atoms with E-state index in [1.54, 1.807) is 22.7 Å². The highest BCUT2D eigenvalue weighted by Gasteiger charge is 2.03. The van der Waals surface area contributed by atoms with Gasteiger partial charge in [-0.2, -0.15) is 0 Å². The van der Waals surface area contributed by atoms with Crippen molar-refractivity contribution in [2.75, 3.05) is 5.32 Å². The molecule has 0 aromatic carbocycles. The number of thiazole rings is 1. The Labute approximate surface area is 96.4 Å². The first-order valence-electron chi connectivity index (χ1n) is 4.75. The molecule has 0 fully saturated rings. The van der Waals surface area contributed by atoms with Crippen molar-refractivity contribution in [3.8, 4) is 0 Å². The molecule has 0 saturated heterocycles. The van der Waals surface area contributed by atoms with E-state index in [0.717, 1.165) is 33.8 Å². The zero-order chi connectivity index (χ0) is 10.7. The van der Waals surface area contributed by atoms with Gasteiger partial charge < -0.3 is 5.32 Å². The number of aryl methyl sites for hydroxylation is 2. The second-order valence-corrected chi connectivity index (χ2v) is 5.10. The van der Waals surface area contributed by atoms with Crippen LogP contribution in [-0.4, -0.2) is 15.2 Å². The van der Waals surface area contributed by atoms with Crippen molar-refractivity contribution >= 4 is 27.8 Å². The van der Waals surface area contributed by atoms with Crippen molar-refractivity contribution in [3.63, 3.8) is 0 Å². The molecule has 2 aromatic rings. The summed E-state index contributed by atoms with van der Waals surface area (Å²) in [4.78, 5) is 4.37. The van der Waals surface area contributed by atoms with Crippen LogP contribution in [0.1, 0.15) is 22.6 Å². The van der Waals surface area contributed by atoms with Crippen LogP contribution >= 0.6 is 22.7 Å². The Morgan fingerprint density at radius 1 is 1.33 bits per heavy atom. The molecule has 0 bridgehead atoms. The minimum Gasteiger partial charge on any atom is -0.354 e. The lowest BCUT2D eigenvalue weighted by Gasteiger charge is -1.96. The first-order valence-corrected chi connectivity index (χ1v) is 6.45. The monoisotopic (exact) mass is 240 g/mol. The minimum absolute atomic E-state index is 0.733. The predicted octanol–water partition coefficient (Wildman–Crippen LogP) is 2.48. The van der Waals surface area contributed by atoms with E-state index in [-0.39, 0.29) is 0 Å². The van der Waals surface area contributed by atoms with Crippen molar-refractivity contribution in [1.29, 1.82) is 0 Å². The molecule has 0 aliphatic rings. The van der Waals surface area contributed by atoms with E-state index in [4.69, 9.17) is 0 Å². The van der Waals surface area contributed by atoms with Gasteiger partial charge in [-0.25, -0.2) is 4.98 Å². The summed E-state index contributed by atoms with van der Waals surface area (Å²) in [6.45, 7) is 4.81. The summed E-state index contributed by atoms with van der Waals surface area (Å²) in [6, 6.07) is 0. The van der Waals surface area contributed by atoms with Crippen LogP contribution in [0.2, 0.25) is 0 Å². The smallest absolute Gasteiger partial charge is 0.206 e. The van der Waals surface area contributed by atoms with Crippen molar-refractivity contribution < 1.29 is 0 Å². The maximum atomic E-state index is 4.37. The summed E-state index contributed by atoms with van der Waals surface area (Å²) in [6.07, 6.45) is 0.940. The summed E-state index contributed by atoms with van der Waals surface area (Å²) >= 11 is 3.27. The third kappa shape index (κ3) is 2.73. The van der Waals surface area contributed by atoms with Crippen LogP contribution in [0.3, 0.4) is 0 Å². The van der Waals surface area contributed by atoms with Gasteiger partial charge in [0.15, 0.2) is 0 Å². The molecule has 0 amide bonds. The van der Waals surface area contributed by atoms with E-state index < -0.39 is 0 Å². The molecule has 0 aliphatic carbocycles. The lowest BCUT2D eigenvalue weighted by molar-refractivity contribution is 0.972. The fourth-order valence-corrected chi connectivity index (χ4v) is 2.49. The van der Waals surface area contributed by atoms with Gasteiger partial charge in [0.2, 0.25) is 5.13 Å². The highest BCUT2D eigenvalue weighted by molar-refractivity contribution is 7.15. The second kappa shape index (κ2) is 4.67. The van der Waals surface area contributed by atoms with E-state index >= 15 is 0 Å². The third-order valence-electron chi connectivity index (χ3n) is 1.83. The molecule has 0 spiro atoms. The van der Waals surface area contributed by atoms with E-state index in [1.165, 1.54) is 0 Å². The number of nitrogens with zero attached hydrogens (tertiary/aromatic N) is 3. The van der Waals surface area contributed by atoms with Gasteiger partial charge in [0.05, 0.1) is 6.54 Å². The lowest BCUT2D eigenvalue weighted by Crippen LogP contribution is -1.98. The number of hydrogen-bond donors (Lipinski definition) is 1. The molecule has 6 heteroatoms. The van der Waals surface area contributed by atoms with Gasteiger partial charge in [0.1, 0.15) is 10.0 Å². The molecule has 0 radical (unpaired) electrons. The largest absolute Gasteiger partial charge is 0.354 e. The molecule has 15 heavy (non-hydrogen) atoms. The Morgan fingerprint density at radius 2 is 2.20 bits per heavy atom. The Balaban J connectivity index is 1.93. The lowest BCUT2D eigenvalue weighted by atomic mass is 10.5. The first kappa shape index (κ1) is 10.5. The number of rotatable bonds is 4. The molecule has 0 aliphatic heterocycles. The molecule has 0 saturated carbocycles. The number of anilines is 1. The third-order valence-corrected chi connectivity index (χ3v) is 3.82. The topological polar surface area (TPSA) is 50.7 Å². The first-order chi connectivity index (χ1) is 7.28. The van der Waals surface area contributed by atoms with Gasteiger partial charge in [0, 0.05) is 11.1 Å². The highest BCUT2D eigenvalue weighted by atomic mass is 32.1. The van der Waals surface area contributed by atoms with Gasteiger partial charge in [-0.3, -0.25) is 0 Å². The average molecular weight is 240 g/mol. The summed E-state index contributed by atoms with van der Waals surface area (Å²) < 4.78 is 0. The minimum atomic E-state index is 0.733. The molecule has 4 nitrogen and oxygen atoms in total. The molecule has 2 aromatic heterocycles. The predicted molar refractivity (Wildman–Crippen MR) is 63.5 cm³/mol. The number of nitrogens with one attached hydrogen (secondary N) is 1. The quantitative estimate of drug-likeness (QED) is 0.892. The molecule has 2 heterocycles. The van der Waals surface area contributed by atoms with Crippen molar-refractivity contribution in [2.24, 2.45) is 0 Å². The molecule has 2 rings (SSSR count). The maximum absolute atomic E-state index is 4.37. The SMILES string of the molecule is CCc1nnc(NCc2nc(C)cs2)s1. The maximum Gasteiger partial charge on any atom is 0.206 e. The van der Waals surface area contributed by atoms with Crippen molar-refractivity contribution in [2.45, 2.75) is 26.8 Å². The van der Waals surface area contributed by atoms with Crippen LogP contribution in [0.5, 0.6) is 0 Å². The van der Waals surface area contributed by atoms with Crippen LogP contribution in [0, 0.1) is 6.92 Å². The summed E-state index contributed by atoms with van der Waals surface area (Å²) in [7, 11) is 0.